The zero-order chi connectivity index (χ0) is 18.9. The van der Waals surface area contributed by atoms with Crippen LogP contribution in [0.15, 0.2) is 60.3 Å². The van der Waals surface area contributed by atoms with Crippen molar-refractivity contribution in [2.24, 2.45) is 0 Å². The average molecular weight is 351 g/mol. The van der Waals surface area contributed by atoms with E-state index in [1.165, 1.54) is 24.3 Å². The molecule has 0 saturated carbocycles. The minimum Gasteiger partial charge on any atom is -0.508 e. The Morgan fingerprint density at radius 3 is 2.58 bits per heavy atom. The number of carbonyl (C=O) groups excluding carboxylic acids is 2. The van der Waals surface area contributed by atoms with Crippen molar-refractivity contribution < 1.29 is 19.4 Å². The minimum atomic E-state index is -0.644. The fraction of sp³-hybridized carbons (Fsp3) is 0.238. The second-order valence-corrected chi connectivity index (χ2v) is 6.82. The van der Waals surface area contributed by atoms with Crippen LogP contribution < -0.4 is 4.90 Å². The minimum absolute atomic E-state index is 0.0278. The summed E-state index contributed by atoms with van der Waals surface area (Å²) in [6.45, 7) is 3.78. The number of likely N-dealkylation sites (N-methyl/N-ethyl adjacent to an activating group) is 1. The molecule has 3 rings (SSSR count). The molecule has 1 heterocycles. The quantitative estimate of drug-likeness (QED) is 0.675. The summed E-state index contributed by atoms with van der Waals surface area (Å²) >= 11 is 0. The molecular weight excluding hydrogens is 330 g/mol. The third-order valence-corrected chi connectivity index (χ3v) is 4.67. The number of esters is 1. The van der Waals surface area contributed by atoms with Gasteiger partial charge in [-0.25, -0.2) is 4.79 Å². The van der Waals surface area contributed by atoms with Crippen LogP contribution in [-0.4, -0.2) is 30.5 Å². The number of rotatable bonds is 4. The van der Waals surface area contributed by atoms with E-state index >= 15 is 0 Å². The van der Waals surface area contributed by atoms with Crippen LogP contribution in [-0.2, 0) is 14.9 Å². The molecule has 1 aliphatic heterocycles. The van der Waals surface area contributed by atoms with Crippen LogP contribution >= 0.6 is 0 Å². The summed E-state index contributed by atoms with van der Waals surface area (Å²) in [5.74, 6) is -0.962. The van der Waals surface area contributed by atoms with Crippen LogP contribution in [0.1, 0.15) is 29.8 Å². The van der Waals surface area contributed by atoms with Gasteiger partial charge in [-0.3, -0.25) is 4.79 Å². The fourth-order valence-electron chi connectivity index (χ4n) is 3.31. The number of benzene rings is 2. The summed E-state index contributed by atoms with van der Waals surface area (Å²) in [7, 11) is 1.92. The first-order valence-corrected chi connectivity index (χ1v) is 8.35. The molecule has 0 amide bonds. The molecule has 5 nitrogen and oxygen atoms in total. The molecule has 1 N–H and O–H groups in total. The smallest absolute Gasteiger partial charge is 0.338 e. The highest BCUT2D eigenvalue weighted by atomic mass is 16.5. The van der Waals surface area contributed by atoms with E-state index in [-0.39, 0.29) is 29.1 Å². The third kappa shape index (κ3) is 3.20. The molecule has 0 radical (unpaired) electrons. The van der Waals surface area contributed by atoms with Crippen molar-refractivity contribution in [1.29, 1.82) is 0 Å². The molecule has 0 spiro atoms. The number of allylic oxidation sites excluding steroid dienone is 1. The largest absolute Gasteiger partial charge is 0.508 e. The van der Waals surface area contributed by atoms with E-state index in [1.807, 2.05) is 30.1 Å². The number of aromatic hydroxyl groups is 1. The highest BCUT2D eigenvalue weighted by Crippen LogP contribution is 2.46. The number of anilines is 1. The Morgan fingerprint density at radius 1 is 1.15 bits per heavy atom. The van der Waals surface area contributed by atoms with Crippen molar-refractivity contribution in [2.45, 2.75) is 19.3 Å². The van der Waals surface area contributed by atoms with Crippen LogP contribution in [0.5, 0.6) is 5.75 Å². The van der Waals surface area contributed by atoms with E-state index in [1.54, 1.807) is 6.07 Å². The van der Waals surface area contributed by atoms with Gasteiger partial charge in [0, 0.05) is 29.9 Å². The average Bonchev–Trinajstić information content (AvgIpc) is 2.81. The lowest BCUT2D eigenvalue weighted by Crippen LogP contribution is -2.25. The van der Waals surface area contributed by atoms with E-state index in [0.29, 0.717) is 0 Å². The molecule has 0 bridgehead atoms. The first kappa shape index (κ1) is 17.7. The molecule has 2 aromatic carbocycles. The van der Waals surface area contributed by atoms with Crippen LogP contribution in [0, 0.1) is 0 Å². The number of para-hydroxylation sites is 1. The van der Waals surface area contributed by atoms with Crippen molar-refractivity contribution in [2.75, 3.05) is 18.6 Å². The summed E-state index contributed by atoms with van der Waals surface area (Å²) in [5.41, 5.74) is 2.97. The Kier molecular flexibility index (Phi) is 4.55. The van der Waals surface area contributed by atoms with Gasteiger partial charge in [-0.2, -0.15) is 0 Å². The van der Waals surface area contributed by atoms with E-state index in [4.69, 9.17) is 4.74 Å². The highest BCUT2D eigenvalue weighted by Gasteiger charge is 2.38. The molecule has 134 valence electrons. The van der Waals surface area contributed by atoms with Gasteiger partial charge >= 0.3 is 5.97 Å². The maximum absolute atomic E-state index is 12.4. The first-order valence-electron chi connectivity index (χ1n) is 8.35. The predicted octanol–water partition coefficient (Wildman–Crippen LogP) is 3.43. The normalized spacial score (nSPS) is 16.4. The van der Waals surface area contributed by atoms with Crippen LogP contribution in [0.2, 0.25) is 0 Å². The molecule has 5 heteroatoms. The van der Waals surface area contributed by atoms with Gasteiger partial charge < -0.3 is 14.7 Å². The number of carbonyl (C=O) groups is 2. The summed E-state index contributed by atoms with van der Waals surface area (Å²) < 4.78 is 5.07. The molecule has 0 aliphatic carbocycles. The van der Waals surface area contributed by atoms with Gasteiger partial charge in [-0.1, -0.05) is 38.1 Å². The number of ketones is 1. The zero-order valence-corrected chi connectivity index (χ0v) is 15.0. The van der Waals surface area contributed by atoms with E-state index < -0.39 is 5.97 Å². The molecule has 0 saturated heterocycles. The summed E-state index contributed by atoms with van der Waals surface area (Å²) in [6.07, 6.45) is 1.54. The van der Waals surface area contributed by atoms with Crippen LogP contribution in [0.4, 0.5) is 5.69 Å². The molecule has 0 atom stereocenters. The Bertz CT molecular complexity index is 898. The lowest BCUT2D eigenvalue weighted by atomic mass is 9.83. The van der Waals surface area contributed by atoms with Gasteiger partial charge in [0.05, 0.1) is 5.56 Å². The van der Waals surface area contributed by atoms with Gasteiger partial charge in [-0.15, -0.1) is 0 Å². The van der Waals surface area contributed by atoms with Gasteiger partial charge in [0.1, 0.15) is 5.75 Å². The van der Waals surface area contributed by atoms with Crippen molar-refractivity contribution in [3.8, 4) is 5.75 Å². The Hall–Kier alpha value is -3.08. The molecule has 1 aliphatic rings. The maximum Gasteiger partial charge on any atom is 0.338 e. The number of nitrogens with zero attached hydrogens (tertiary/aromatic N) is 1. The van der Waals surface area contributed by atoms with Crippen molar-refractivity contribution in [1.82, 2.24) is 0 Å². The van der Waals surface area contributed by atoms with Crippen molar-refractivity contribution in [3.05, 3.63) is 71.4 Å². The Labute approximate surface area is 152 Å². The number of phenolic OH excluding ortho intramolecular Hbond substituents is 1. The van der Waals surface area contributed by atoms with E-state index in [0.717, 1.165) is 16.9 Å². The van der Waals surface area contributed by atoms with Crippen LogP contribution in [0.25, 0.3) is 0 Å². The van der Waals surface area contributed by atoms with Gasteiger partial charge in [0.2, 0.25) is 0 Å². The Balaban J connectivity index is 1.72. The molecular formula is C21H21NO4. The lowest BCUT2D eigenvalue weighted by Gasteiger charge is -2.23. The number of hydrogen-bond acceptors (Lipinski definition) is 5. The summed E-state index contributed by atoms with van der Waals surface area (Å²) in [6, 6.07) is 13.9. The monoisotopic (exact) mass is 351 g/mol. The number of phenols is 1. The highest BCUT2D eigenvalue weighted by molar-refractivity contribution is 5.96. The maximum atomic E-state index is 12.4. The van der Waals surface area contributed by atoms with Gasteiger partial charge in [0.25, 0.3) is 0 Å². The third-order valence-electron chi connectivity index (χ3n) is 4.67. The number of ether oxygens (including phenoxy) is 1. The number of hydrogen-bond donors (Lipinski definition) is 1. The second kappa shape index (κ2) is 6.67. The molecule has 26 heavy (non-hydrogen) atoms. The van der Waals surface area contributed by atoms with Gasteiger partial charge in [-0.05, 0) is 29.8 Å². The number of fused-ring (bicyclic) bond motifs is 1. The topological polar surface area (TPSA) is 66.8 Å². The molecule has 0 unspecified atom stereocenters. The lowest BCUT2D eigenvalue weighted by molar-refractivity contribution is -0.117. The molecule has 0 aromatic heterocycles. The summed E-state index contributed by atoms with van der Waals surface area (Å²) in [5, 5.41) is 9.41. The van der Waals surface area contributed by atoms with Gasteiger partial charge in [0.15, 0.2) is 12.4 Å². The molecule has 2 aromatic rings. The molecule has 0 fully saturated rings. The standard InChI is InChI=1S/C21H21NO4/c1-21(2)17-9-4-5-10-18(17)22(3)19(21)12-16(24)13-26-20(25)14-7-6-8-15(23)11-14/h4-12,23H,13H2,1-3H3. The fourth-order valence-corrected chi connectivity index (χ4v) is 3.31. The van der Waals surface area contributed by atoms with Crippen molar-refractivity contribution in [3.63, 3.8) is 0 Å². The van der Waals surface area contributed by atoms with Crippen LogP contribution in [0.3, 0.4) is 0 Å². The van der Waals surface area contributed by atoms with E-state index in [9.17, 15) is 14.7 Å². The first-order chi connectivity index (χ1) is 12.3. The summed E-state index contributed by atoms with van der Waals surface area (Å²) in [4.78, 5) is 26.3. The Morgan fingerprint density at radius 2 is 1.88 bits per heavy atom. The second-order valence-electron chi connectivity index (χ2n) is 6.82. The zero-order valence-electron chi connectivity index (χ0n) is 15.0. The van der Waals surface area contributed by atoms with E-state index in [2.05, 4.69) is 19.9 Å². The van der Waals surface area contributed by atoms with Crippen molar-refractivity contribution >= 4 is 17.4 Å². The SMILES string of the molecule is CN1C(=CC(=O)COC(=O)c2cccc(O)c2)C(C)(C)c2ccccc21. The predicted molar refractivity (Wildman–Crippen MR) is 99.4 cm³/mol.